The van der Waals surface area contributed by atoms with Crippen LogP contribution in [0, 0.1) is 6.92 Å². The Morgan fingerprint density at radius 3 is 2.95 bits per heavy atom. The van der Waals surface area contributed by atoms with Crippen molar-refractivity contribution in [3.8, 4) is 0 Å². The van der Waals surface area contributed by atoms with Gasteiger partial charge in [0.2, 0.25) is 0 Å². The fourth-order valence-electron chi connectivity index (χ4n) is 1.74. The lowest BCUT2D eigenvalue weighted by molar-refractivity contribution is 0.871. The first-order valence-corrected chi connectivity index (χ1v) is 7.43. The minimum Gasteiger partial charge on any atom is -0.362 e. The van der Waals surface area contributed by atoms with Crippen molar-refractivity contribution in [3.63, 3.8) is 0 Å². The first kappa shape index (κ1) is 14.9. The molecule has 0 aliphatic carbocycles. The van der Waals surface area contributed by atoms with E-state index in [1.165, 1.54) is 11.1 Å². The lowest BCUT2D eigenvalue weighted by Gasteiger charge is -2.10. The molecule has 104 valence electrons. The maximum atomic E-state index is 5.23. The third-order valence-corrected chi connectivity index (χ3v) is 3.57. The predicted octanol–water partition coefficient (Wildman–Crippen LogP) is 3.08. The van der Waals surface area contributed by atoms with Crippen LogP contribution in [0.3, 0.4) is 0 Å². The lowest BCUT2D eigenvalue weighted by Crippen LogP contribution is -2.30. The summed E-state index contributed by atoms with van der Waals surface area (Å²) in [6.45, 7) is 2.86. The average Bonchev–Trinajstić information content (AvgIpc) is 2.41. The molecule has 1 aromatic heterocycles. The normalized spacial score (nSPS) is 10.1. The van der Waals surface area contributed by atoms with Gasteiger partial charge >= 0.3 is 0 Å². The van der Waals surface area contributed by atoms with E-state index in [0.717, 1.165) is 17.4 Å². The van der Waals surface area contributed by atoms with Gasteiger partial charge in [0.05, 0.1) is 10.7 Å². The molecule has 0 radical (unpaired) electrons. The number of thiocarbonyl (C=S) groups is 1. The molecule has 0 saturated carbocycles. The molecule has 2 rings (SSSR count). The van der Waals surface area contributed by atoms with E-state index >= 15 is 0 Å². The number of hydrogen-bond donors (Lipinski definition) is 2. The molecule has 2 aromatic rings. The summed E-state index contributed by atoms with van der Waals surface area (Å²) in [6.07, 6.45) is 2.54. The summed E-state index contributed by atoms with van der Waals surface area (Å²) in [5.74, 6) is 0.612. The van der Waals surface area contributed by atoms with Gasteiger partial charge in [0.15, 0.2) is 10.9 Å². The Morgan fingerprint density at radius 1 is 1.35 bits per heavy atom. The van der Waals surface area contributed by atoms with Crippen LogP contribution >= 0.6 is 28.1 Å². The second-order valence-electron chi connectivity index (χ2n) is 4.35. The Balaban J connectivity index is 1.80. The molecule has 0 unspecified atom stereocenters. The number of halogens is 1. The number of aromatic nitrogens is 2. The number of nitrogens with one attached hydrogen (secondary N) is 2. The number of anilines is 1. The Hall–Kier alpha value is -1.53. The summed E-state index contributed by atoms with van der Waals surface area (Å²) in [6, 6.07) is 10.3. The van der Waals surface area contributed by atoms with Gasteiger partial charge in [-0.15, -0.1) is 5.10 Å². The second-order valence-corrected chi connectivity index (χ2v) is 5.61. The van der Waals surface area contributed by atoms with Crippen molar-refractivity contribution in [2.75, 3.05) is 11.9 Å². The van der Waals surface area contributed by atoms with Crippen molar-refractivity contribution in [2.45, 2.75) is 13.3 Å². The highest BCUT2D eigenvalue weighted by molar-refractivity contribution is 9.10. The lowest BCUT2D eigenvalue weighted by atomic mass is 10.1. The zero-order valence-electron chi connectivity index (χ0n) is 11.1. The molecule has 0 atom stereocenters. The molecule has 0 spiro atoms. The molecule has 0 aliphatic rings. The summed E-state index contributed by atoms with van der Waals surface area (Å²) in [4.78, 5) is 0. The van der Waals surface area contributed by atoms with Crippen LogP contribution in [-0.2, 0) is 6.42 Å². The molecular weight excluding hydrogens is 336 g/mol. The smallest absolute Gasteiger partial charge is 0.172 e. The maximum Gasteiger partial charge on any atom is 0.172 e. The van der Waals surface area contributed by atoms with E-state index in [1.807, 2.05) is 6.07 Å². The predicted molar refractivity (Wildman–Crippen MR) is 88.8 cm³/mol. The molecule has 4 nitrogen and oxygen atoms in total. The molecule has 0 bridgehead atoms. The van der Waals surface area contributed by atoms with Crippen molar-refractivity contribution in [3.05, 3.63) is 52.1 Å². The van der Waals surface area contributed by atoms with Crippen LogP contribution in [0.15, 0.2) is 41.0 Å². The highest BCUT2D eigenvalue weighted by Gasteiger charge is 2.03. The van der Waals surface area contributed by atoms with Crippen molar-refractivity contribution < 1.29 is 0 Å². The molecule has 0 saturated heterocycles. The number of hydrogen-bond acceptors (Lipinski definition) is 3. The van der Waals surface area contributed by atoms with Crippen LogP contribution in [0.1, 0.15) is 11.1 Å². The van der Waals surface area contributed by atoms with Gasteiger partial charge in [0.1, 0.15) is 0 Å². The first-order chi connectivity index (χ1) is 9.65. The summed E-state index contributed by atoms with van der Waals surface area (Å²) in [5, 5.41) is 14.5. The summed E-state index contributed by atoms with van der Waals surface area (Å²) >= 11 is 8.61. The molecule has 6 heteroatoms. The van der Waals surface area contributed by atoms with Gasteiger partial charge in [0, 0.05) is 6.54 Å². The van der Waals surface area contributed by atoms with Gasteiger partial charge in [-0.05, 0) is 53.1 Å². The maximum absolute atomic E-state index is 5.23. The minimum atomic E-state index is 0.541. The fraction of sp³-hybridized carbons (Fsp3) is 0.214. The number of benzene rings is 1. The van der Waals surface area contributed by atoms with Crippen molar-refractivity contribution in [2.24, 2.45) is 0 Å². The Labute approximate surface area is 132 Å². The van der Waals surface area contributed by atoms with E-state index in [-0.39, 0.29) is 0 Å². The molecule has 0 fully saturated rings. The van der Waals surface area contributed by atoms with Crippen molar-refractivity contribution in [1.29, 1.82) is 0 Å². The van der Waals surface area contributed by atoms with Crippen LogP contribution < -0.4 is 10.6 Å². The molecule has 1 heterocycles. The zero-order valence-corrected chi connectivity index (χ0v) is 13.5. The third kappa shape index (κ3) is 4.54. The fourth-order valence-corrected chi connectivity index (χ4v) is 2.24. The highest BCUT2D eigenvalue weighted by atomic mass is 79.9. The molecule has 20 heavy (non-hydrogen) atoms. The quantitative estimate of drug-likeness (QED) is 0.829. The van der Waals surface area contributed by atoms with Gasteiger partial charge in [-0.3, -0.25) is 0 Å². The number of nitrogens with zero attached hydrogens (tertiary/aromatic N) is 2. The van der Waals surface area contributed by atoms with E-state index in [0.29, 0.717) is 10.9 Å². The summed E-state index contributed by atoms with van der Waals surface area (Å²) in [7, 11) is 0. The van der Waals surface area contributed by atoms with Crippen LogP contribution in [-0.4, -0.2) is 21.9 Å². The highest BCUT2D eigenvalue weighted by Crippen LogP contribution is 2.16. The molecular formula is C14H15BrN4S. The zero-order chi connectivity index (χ0) is 14.4. The molecule has 0 aliphatic heterocycles. The minimum absolute atomic E-state index is 0.541. The topological polar surface area (TPSA) is 49.8 Å². The van der Waals surface area contributed by atoms with Gasteiger partial charge in [-0.2, -0.15) is 5.10 Å². The van der Waals surface area contributed by atoms with Crippen LogP contribution in [0.5, 0.6) is 0 Å². The largest absolute Gasteiger partial charge is 0.362 e. The van der Waals surface area contributed by atoms with Crippen LogP contribution in [0.4, 0.5) is 5.82 Å². The second kappa shape index (κ2) is 7.31. The number of aryl methyl sites for hydroxylation is 1. The van der Waals surface area contributed by atoms with Crippen molar-refractivity contribution in [1.82, 2.24) is 15.5 Å². The van der Waals surface area contributed by atoms with Gasteiger partial charge in [-0.25, -0.2) is 0 Å². The Morgan fingerprint density at radius 2 is 2.20 bits per heavy atom. The number of rotatable bonds is 4. The van der Waals surface area contributed by atoms with Crippen LogP contribution in [0.2, 0.25) is 0 Å². The van der Waals surface area contributed by atoms with Crippen LogP contribution in [0.25, 0.3) is 0 Å². The van der Waals surface area contributed by atoms with Gasteiger partial charge in [0.25, 0.3) is 0 Å². The van der Waals surface area contributed by atoms with E-state index in [2.05, 4.69) is 68.0 Å². The monoisotopic (exact) mass is 350 g/mol. The summed E-state index contributed by atoms with van der Waals surface area (Å²) in [5.41, 5.74) is 2.56. The van der Waals surface area contributed by atoms with E-state index in [9.17, 15) is 0 Å². The van der Waals surface area contributed by atoms with Gasteiger partial charge in [-0.1, -0.05) is 29.8 Å². The van der Waals surface area contributed by atoms with Crippen molar-refractivity contribution >= 4 is 39.1 Å². The Kier molecular flexibility index (Phi) is 5.43. The summed E-state index contributed by atoms with van der Waals surface area (Å²) < 4.78 is 0.829. The molecule has 1 aromatic carbocycles. The standard InChI is InChI=1S/C14H15BrN4S/c1-10-3-2-4-11(9-10)5-7-16-14(20)18-13-12(15)6-8-17-19-13/h2-4,6,8-9H,5,7H2,1H3,(H2,16,18,19,20). The van der Waals surface area contributed by atoms with E-state index in [1.54, 1.807) is 6.20 Å². The average molecular weight is 351 g/mol. The van der Waals surface area contributed by atoms with E-state index < -0.39 is 0 Å². The first-order valence-electron chi connectivity index (χ1n) is 6.23. The SMILES string of the molecule is Cc1cccc(CCNC(=S)Nc2nnccc2Br)c1. The molecule has 2 N–H and O–H groups in total. The third-order valence-electron chi connectivity index (χ3n) is 2.69. The Bertz CT molecular complexity index is 603. The van der Waals surface area contributed by atoms with Gasteiger partial charge < -0.3 is 10.6 Å². The van der Waals surface area contributed by atoms with E-state index in [4.69, 9.17) is 12.2 Å². The molecule has 0 amide bonds.